The Kier molecular flexibility index (Phi) is 6.93. The molecule has 0 spiro atoms. The van der Waals surface area contributed by atoms with Gasteiger partial charge in [0.1, 0.15) is 0 Å². The number of hydrogen-bond donors (Lipinski definition) is 4. The molecule has 0 bridgehead atoms. The first-order chi connectivity index (χ1) is 15.9. The molecule has 2 amide bonds. The maximum Gasteiger partial charge on any atom is 0.264 e. The van der Waals surface area contributed by atoms with Crippen molar-refractivity contribution < 1.29 is 19.8 Å². The van der Waals surface area contributed by atoms with Crippen molar-refractivity contribution in [3.8, 4) is 0 Å². The highest BCUT2D eigenvalue weighted by Crippen LogP contribution is 2.45. The number of para-hydroxylation sites is 1. The Morgan fingerprint density at radius 1 is 1.27 bits per heavy atom. The molecule has 2 heterocycles. The minimum atomic E-state index is -1.66. The molecule has 0 radical (unpaired) electrons. The van der Waals surface area contributed by atoms with Crippen LogP contribution in [-0.2, 0) is 21.7 Å². The van der Waals surface area contributed by atoms with Crippen LogP contribution in [0.2, 0.25) is 0 Å². The van der Waals surface area contributed by atoms with Crippen LogP contribution in [0.5, 0.6) is 0 Å². The number of amides is 2. The summed E-state index contributed by atoms with van der Waals surface area (Å²) in [5.41, 5.74) is 1.22. The summed E-state index contributed by atoms with van der Waals surface area (Å²) in [4.78, 5) is 27.4. The summed E-state index contributed by atoms with van der Waals surface area (Å²) in [5, 5.41) is 26.7. The summed E-state index contributed by atoms with van der Waals surface area (Å²) in [6.45, 7) is 3.00. The largest absolute Gasteiger partial charge is 0.396 e. The SMILES string of the molecule is C[C@H](/C=C/CCO)[C@@]1(O)C(=O)N(Cc2ccc(NC(=O)[C@H]3CCCN3)cc2)c2ccccc21. The van der Waals surface area contributed by atoms with E-state index < -0.39 is 11.5 Å². The van der Waals surface area contributed by atoms with Crippen LogP contribution in [-0.4, -0.2) is 41.2 Å². The van der Waals surface area contributed by atoms with E-state index in [1.165, 1.54) is 0 Å². The van der Waals surface area contributed by atoms with Crippen molar-refractivity contribution in [2.24, 2.45) is 5.92 Å². The van der Waals surface area contributed by atoms with Crippen molar-refractivity contribution in [1.29, 1.82) is 0 Å². The molecule has 2 aromatic rings. The van der Waals surface area contributed by atoms with Gasteiger partial charge in [0.25, 0.3) is 5.91 Å². The summed E-state index contributed by atoms with van der Waals surface area (Å²) in [7, 11) is 0. The normalized spacial score (nSPS) is 23.2. The summed E-state index contributed by atoms with van der Waals surface area (Å²) in [6.07, 6.45) is 5.89. The molecule has 3 atom stereocenters. The van der Waals surface area contributed by atoms with Gasteiger partial charge in [-0.2, -0.15) is 0 Å². The second-order valence-corrected chi connectivity index (χ2v) is 8.74. The molecule has 4 rings (SSSR count). The van der Waals surface area contributed by atoms with Crippen molar-refractivity contribution >= 4 is 23.2 Å². The molecule has 0 unspecified atom stereocenters. The second kappa shape index (κ2) is 9.87. The number of aliphatic hydroxyl groups is 2. The van der Waals surface area contributed by atoms with E-state index in [0.29, 0.717) is 29.9 Å². The van der Waals surface area contributed by atoms with E-state index in [2.05, 4.69) is 10.6 Å². The molecular formula is C26H31N3O4. The van der Waals surface area contributed by atoms with E-state index in [-0.39, 0.29) is 24.5 Å². The summed E-state index contributed by atoms with van der Waals surface area (Å²) < 4.78 is 0. The zero-order valence-electron chi connectivity index (χ0n) is 18.8. The molecule has 1 saturated heterocycles. The molecular weight excluding hydrogens is 418 g/mol. The number of rotatable bonds is 8. The van der Waals surface area contributed by atoms with Crippen molar-refractivity contribution in [3.05, 3.63) is 71.8 Å². The smallest absolute Gasteiger partial charge is 0.264 e. The Morgan fingerprint density at radius 3 is 2.73 bits per heavy atom. The van der Waals surface area contributed by atoms with Crippen LogP contribution >= 0.6 is 0 Å². The fourth-order valence-electron chi connectivity index (χ4n) is 4.59. The summed E-state index contributed by atoms with van der Waals surface area (Å²) >= 11 is 0. The van der Waals surface area contributed by atoms with E-state index in [1.54, 1.807) is 23.1 Å². The van der Waals surface area contributed by atoms with Gasteiger partial charge >= 0.3 is 0 Å². The van der Waals surface area contributed by atoms with Gasteiger partial charge in [0.15, 0.2) is 5.60 Å². The highest BCUT2D eigenvalue weighted by atomic mass is 16.3. The number of carbonyl (C=O) groups is 2. The standard InChI is InChI=1S/C26H31N3O4/c1-18(7-4-5-16-30)26(33)21-8-2-3-10-23(21)29(25(26)32)17-19-11-13-20(14-12-19)28-24(31)22-9-6-15-27-22/h2-4,7-8,10-14,18,22,27,30,33H,5-6,9,15-17H2,1H3,(H,28,31)/b7-4+/t18-,22-,26+/m1/s1. The van der Waals surface area contributed by atoms with Gasteiger partial charge < -0.3 is 25.7 Å². The number of benzene rings is 2. The average Bonchev–Trinajstić information content (AvgIpc) is 3.44. The maximum atomic E-state index is 13.5. The highest BCUT2D eigenvalue weighted by Gasteiger charge is 2.52. The quantitative estimate of drug-likeness (QED) is 0.464. The predicted molar refractivity (Wildman–Crippen MR) is 128 cm³/mol. The molecule has 0 aliphatic carbocycles. The highest BCUT2D eigenvalue weighted by molar-refractivity contribution is 6.07. The molecule has 2 aromatic carbocycles. The molecule has 0 aromatic heterocycles. The lowest BCUT2D eigenvalue weighted by molar-refractivity contribution is -0.139. The van der Waals surface area contributed by atoms with Crippen LogP contribution in [0.1, 0.15) is 37.3 Å². The van der Waals surface area contributed by atoms with Gasteiger partial charge in [-0.1, -0.05) is 49.4 Å². The van der Waals surface area contributed by atoms with E-state index in [9.17, 15) is 14.7 Å². The van der Waals surface area contributed by atoms with E-state index in [4.69, 9.17) is 5.11 Å². The van der Waals surface area contributed by atoms with Crippen LogP contribution in [0.4, 0.5) is 11.4 Å². The Morgan fingerprint density at radius 2 is 2.03 bits per heavy atom. The predicted octanol–water partition coefficient (Wildman–Crippen LogP) is 2.69. The molecule has 7 heteroatoms. The Hall–Kier alpha value is -3.00. The third-order valence-corrected chi connectivity index (χ3v) is 6.50. The molecule has 33 heavy (non-hydrogen) atoms. The van der Waals surface area contributed by atoms with Crippen molar-refractivity contribution in [1.82, 2.24) is 5.32 Å². The number of anilines is 2. The lowest BCUT2D eigenvalue weighted by Gasteiger charge is -2.27. The summed E-state index contributed by atoms with van der Waals surface area (Å²) in [5.74, 6) is -0.851. The van der Waals surface area contributed by atoms with Crippen molar-refractivity contribution in [3.63, 3.8) is 0 Å². The third-order valence-electron chi connectivity index (χ3n) is 6.50. The van der Waals surface area contributed by atoms with Gasteiger partial charge in [-0.05, 0) is 49.6 Å². The van der Waals surface area contributed by atoms with Crippen molar-refractivity contribution in [2.45, 2.75) is 44.4 Å². The number of nitrogens with zero attached hydrogens (tertiary/aromatic N) is 1. The molecule has 2 aliphatic rings. The lowest BCUT2D eigenvalue weighted by atomic mass is 9.83. The van der Waals surface area contributed by atoms with E-state index in [1.807, 2.05) is 49.4 Å². The van der Waals surface area contributed by atoms with Gasteiger partial charge in [-0.3, -0.25) is 9.59 Å². The number of nitrogens with one attached hydrogen (secondary N) is 2. The number of hydrogen-bond acceptors (Lipinski definition) is 5. The van der Waals surface area contributed by atoms with Crippen molar-refractivity contribution in [2.75, 3.05) is 23.4 Å². The first-order valence-electron chi connectivity index (χ1n) is 11.5. The van der Waals surface area contributed by atoms with E-state index in [0.717, 1.165) is 24.9 Å². The van der Waals surface area contributed by atoms with Gasteiger partial charge in [0.05, 0.1) is 18.3 Å². The average molecular weight is 450 g/mol. The third kappa shape index (κ3) is 4.57. The topological polar surface area (TPSA) is 102 Å². The van der Waals surface area contributed by atoms with Crippen LogP contribution in [0.25, 0.3) is 0 Å². The van der Waals surface area contributed by atoms with Gasteiger partial charge in [0.2, 0.25) is 5.91 Å². The first-order valence-corrected chi connectivity index (χ1v) is 11.5. The molecule has 7 nitrogen and oxygen atoms in total. The zero-order valence-corrected chi connectivity index (χ0v) is 18.8. The Balaban J connectivity index is 1.51. The van der Waals surface area contributed by atoms with Crippen LogP contribution in [0, 0.1) is 5.92 Å². The number of aliphatic hydroxyl groups excluding tert-OH is 1. The molecule has 1 fully saturated rings. The summed E-state index contributed by atoms with van der Waals surface area (Å²) in [6, 6.07) is 14.6. The van der Waals surface area contributed by atoms with Crippen LogP contribution in [0.3, 0.4) is 0 Å². The number of carbonyl (C=O) groups excluding carboxylic acids is 2. The molecule has 2 aliphatic heterocycles. The molecule has 4 N–H and O–H groups in total. The maximum absolute atomic E-state index is 13.5. The van der Waals surface area contributed by atoms with E-state index >= 15 is 0 Å². The molecule has 0 saturated carbocycles. The minimum Gasteiger partial charge on any atom is -0.396 e. The van der Waals surface area contributed by atoms with Crippen LogP contribution in [0.15, 0.2) is 60.7 Å². The van der Waals surface area contributed by atoms with Gasteiger partial charge in [-0.15, -0.1) is 0 Å². The Bertz CT molecular complexity index is 1030. The fraction of sp³-hybridized carbons (Fsp3) is 0.385. The monoisotopic (exact) mass is 449 g/mol. The fourth-order valence-corrected chi connectivity index (χ4v) is 4.59. The zero-order chi connectivity index (χ0) is 23.4. The first kappa shape index (κ1) is 23.2. The minimum absolute atomic E-state index is 0.0198. The second-order valence-electron chi connectivity index (χ2n) is 8.74. The Labute approximate surface area is 194 Å². The van der Waals surface area contributed by atoms with Crippen LogP contribution < -0.4 is 15.5 Å². The number of fused-ring (bicyclic) bond motifs is 1. The molecule has 174 valence electrons. The lowest BCUT2D eigenvalue weighted by Crippen LogP contribution is -2.44. The van der Waals surface area contributed by atoms with Gasteiger partial charge in [0, 0.05) is 23.8 Å². The van der Waals surface area contributed by atoms with Gasteiger partial charge in [-0.25, -0.2) is 0 Å².